The lowest BCUT2D eigenvalue weighted by Crippen LogP contribution is -2.48. The Morgan fingerprint density at radius 3 is 2.68 bits per heavy atom. The molecule has 2 heterocycles. The molecule has 4 heteroatoms. The van der Waals surface area contributed by atoms with Gasteiger partial charge in [-0.05, 0) is 56.1 Å². The molecule has 1 aromatic heterocycles. The summed E-state index contributed by atoms with van der Waals surface area (Å²) in [6.07, 6.45) is 10.3. The minimum atomic E-state index is 0.339. The first-order valence-electron chi connectivity index (χ1n) is 10.1. The van der Waals surface area contributed by atoms with Gasteiger partial charge in [0.2, 0.25) is 5.91 Å². The van der Waals surface area contributed by atoms with Gasteiger partial charge in [-0.3, -0.25) is 9.78 Å². The third-order valence-electron chi connectivity index (χ3n) is 6.92. The molecule has 25 heavy (non-hydrogen) atoms. The summed E-state index contributed by atoms with van der Waals surface area (Å²) in [4.78, 5) is 22.0. The Morgan fingerprint density at radius 1 is 1.20 bits per heavy atom. The van der Waals surface area contributed by atoms with Gasteiger partial charge in [-0.25, -0.2) is 0 Å². The van der Waals surface area contributed by atoms with Crippen molar-refractivity contribution in [1.82, 2.24) is 14.8 Å². The fourth-order valence-electron chi connectivity index (χ4n) is 5.34. The van der Waals surface area contributed by atoms with Gasteiger partial charge < -0.3 is 9.80 Å². The first-order valence-corrected chi connectivity index (χ1v) is 10.1. The maximum absolute atomic E-state index is 12.9. The summed E-state index contributed by atoms with van der Waals surface area (Å²) in [5.41, 5.74) is 1.17. The number of nitrogens with zero attached hydrogens (tertiary/aromatic N) is 3. The van der Waals surface area contributed by atoms with E-state index in [0.717, 1.165) is 51.2 Å². The predicted molar refractivity (Wildman–Crippen MR) is 99.1 cm³/mol. The quantitative estimate of drug-likeness (QED) is 0.826. The molecule has 1 aromatic rings. The maximum atomic E-state index is 12.9. The van der Waals surface area contributed by atoms with Crippen molar-refractivity contribution in [1.29, 1.82) is 0 Å². The second-order valence-corrected chi connectivity index (χ2v) is 8.37. The van der Waals surface area contributed by atoms with Crippen molar-refractivity contribution >= 4 is 5.91 Å². The van der Waals surface area contributed by atoms with Crippen LogP contribution in [0.3, 0.4) is 0 Å². The number of carbonyl (C=O) groups excluding carboxylic acids is 1. The molecule has 2 bridgehead atoms. The van der Waals surface area contributed by atoms with Crippen LogP contribution in [-0.4, -0.2) is 53.4 Å². The first-order chi connectivity index (χ1) is 12.2. The molecule has 0 spiro atoms. The van der Waals surface area contributed by atoms with Crippen LogP contribution in [0, 0.1) is 17.8 Å². The molecule has 4 rings (SSSR count). The van der Waals surface area contributed by atoms with Crippen LogP contribution in [0.25, 0.3) is 0 Å². The van der Waals surface area contributed by atoms with Gasteiger partial charge in [-0.2, -0.15) is 0 Å². The van der Waals surface area contributed by atoms with Gasteiger partial charge in [0, 0.05) is 57.0 Å². The Hall–Kier alpha value is -1.42. The molecular formula is C21H31N3O. The summed E-state index contributed by atoms with van der Waals surface area (Å²) in [5, 5.41) is 0. The number of hydrogen-bond donors (Lipinski definition) is 0. The monoisotopic (exact) mass is 341 g/mol. The normalized spacial score (nSPS) is 29.9. The molecule has 1 saturated heterocycles. The summed E-state index contributed by atoms with van der Waals surface area (Å²) >= 11 is 0. The molecular weight excluding hydrogens is 310 g/mol. The molecule has 136 valence electrons. The number of rotatable bonds is 5. The first kappa shape index (κ1) is 17.0. The zero-order valence-corrected chi connectivity index (χ0v) is 15.4. The maximum Gasteiger partial charge on any atom is 0.225 e. The Balaban J connectivity index is 1.23. The van der Waals surface area contributed by atoms with E-state index in [1.165, 1.54) is 25.0 Å². The molecule has 0 radical (unpaired) electrons. The predicted octanol–water partition coefficient (Wildman–Crippen LogP) is 2.98. The van der Waals surface area contributed by atoms with Crippen LogP contribution in [-0.2, 0) is 11.2 Å². The highest BCUT2D eigenvalue weighted by Gasteiger charge is 2.44. The van der Waals surface area contributed by atoms with Crippen molar-refractivity contribution in [2.24, 2.45) is 17.8 Å². The molecule has 1 amide bonds. The van der Waals surface area contributed by atoms with E-state index in [9.17, 15) is 4.79 Å². The molecule has 0 aromatic carbocycles. The number of aromatic nitrogens is 1. The van der Waals surface area contributed by atoms with E-state index in [0.29, 0.717) is 23.8 Å². The van der Waals surface area contributed by atoms with Crippen LogP contribution in [0.4, 0.5) is 0 Å². The third-order valence-corrected chi connectivity index (χ3v) is 6.92. The van der Waals surface area contributed by atoms with Gasteiger partial charge in [0.15, 0.2) is 0 Å². The summed E-state index contributed by atoms with van der Waals surface area (Å²) in [5.74, 6) is 2.32. The molecule has 0 N–H and O–H groups in total. The fraction of sp³-hybridized carbons (Fsp3) is 0.714. The van der Waals surface area contributed by atoms with Gasteiger partial charge >= 0.3 is 0 Å². The molecule has 3 atom stereocenters. The van der Waals surface area contributed by atoms with E-state index in [1.54, 1.807) is 0 Å². The largest absolute Gasteiger partial charge is 0.342 e. The van der Waals surface area contributed by atoms with E-state index < -0.39 is 0 Å². The van der Waals surface area contributed by atoms with Gasteiger partial charge in [-0.1, -0.05) is 12.5 Å². The molecule has 4 nitrogen and oxygen atoms in total. The minimum Gasteiger partial charge on any atom is -0.342 e. The van der Waals surface area contributed by atoms with E-state index in [-0.39, 0.29) is 0 Å². The summed E-state index contributed by atoms with van der Waals surface area (Å²) < 4.78 is 0. The van der Waals surface area contributed by atoms with E-state index >= 15 is 0 Å². The van der Waals surface area contributed by atoms with Crippen molar-refractivity contribution in [3.8, 4) is 0 Å². The number of amides is 1. The van der Waals surface area contributed by atoms with Crippen molar-refractivity contribution in [3.63, 3.8) is 0 Å². The van der Waals surface area contributed by atoms with Crippen molar-refractivity contribution in [2.45, 2.75) is 51.0 Å². The summed E-state index contributed by atoms with van der Waals surface area (Å²) in [7, 11) is 2.06. The third kappa shape index (κ3) is 3.74. The van der Waals surface area contributed by atoms with Crippen molar-refractivity contribution < 1.29 is 4.79 Å². The lowest BCUT2D eigenvalue weighted by molar-refractivity contribution is -0.138. The zero-order valence-electron chi connectivity index (χ0n) is 15.4. The lowest BCUT2D eigenvalue weighted by atomic mass is 9.87. The van der Waals surface area contributed by atoms with Crippen LogP contribution < -0.4 is 0 Å². The van der Waals surface area contributed by atoms with Crippen molar-refractivity contribution in [2.75, 3.05) is 26.7 Å². The Kier molecular flexibility index (Phi) is 5.07. The fourth-order valence-corrected chi connectivity index (χ4v) is 5.34. The van der Waals surface area contributed by atoms with Crippen LogP contribution in [0.2, 0.25) is 0 Å². The van der Waals surface area contributed by atoms with E-state index in [2.05, 4.69) is 34.0 Å². The second kappa shape index (κ2) is 7.45. The van der Waals surface area contributed by atoms with Crippen molar-refractivity contribution in [3.05, 3.63) is 30.1 Å². The number of likely N-dealkylation sites (tertiary alicyclic amines) is 1. The van der Waals surface area contributed by atoms with Crippen LogP contribution in [0.15, 0.2) is 24.4 Å². The summed E-state index contributed by atoms with van der Waals surface area (Å²) in [6, 6.07) is 6.58. The van der Waals surface area contributed by atoms with Crippen LogP contribution >= 0.6 is 0 Å². The minimum absolute atomic E-state index is 0.339. The molecule has 2 saturated carbocycles. The molecule has 3 fully saturated rings. The molecule has 1 aliphatic heterocycles. The average molecular weight is 341 g/mol. The second-order valence-electron chi connectivity index (χ2n) is 8.37. The lowest BCUT2D eigenvalue weighted by Gasteiger charge is -2.38. The van der Waals surface area contributed by atoms with Gasteiger partial charge in [0.05, 0.1) is 0 Å². The SMILES string of the molecule is CN(C(=O)[C@H]1C[C@H]2CC[C@H]1C2)C1CCN(CCc2ccccn2)CC1. The van der Waals surface area contributed by atoms with E-state index in [4.69, 9.17) is 0 Å². The van der Waals surface area contributed by atoms with Gasteiger partial charge in [0.25, 0.3) is 0 Å². The van der Waals surface area contributed by atoms with Crippen LogP contribution in [0.1, 0.15) is 44.2 Å². The Bertz CT molecular complexity index is 582. The van der Waals surface area contributed by atoms with Gasteiger partial charge in [0.1, 0.15) is 0 Å². The highest BCUT2D eigenvalue weighted by Crippen LogP contribution is 2.49. The van der Waals surface area contributed by atoms with Gasteiger partial charge in [-0.15, -0.1) is 0 Å². The zero-order chi connectivity index (χ0) is 17.2. The highest BCUT2D eigenvalue weighted by molar-refractivity contribution is 5.79. The molecule has 0 unspecified atom stereocenters. The standard InChI is InChI=1S/C21H31N3O/c1-23(21(25)20-15-16-5-6-17(20)14-16)19-8-12-24(13-9-19)11-7-18-4-2-3-10-22-18/h2-4,10,16-17,19-20H,5-9,11-15H2,1H3/t16-,17-,20-/m0/s1. The molecule has 3 aliphatic rings. The number of carbonyl (C=O) groups is 1. The smallest absolute Gasteiger partial charge is 0.225 e. The Labute approximate surface area is 151 Å². The Morgan fingerprint density at radius 2 is 2.04 bits per heavy atom. The number of piperidine rings is 1. The number of hydrogen-bond acceptors (Lipinski definition) is 3. The summed E-state index contributed by atoms with van der Waals surface area (Å²) in [6.45, 7) is 3.28. The highest BCUT2D eigenvalue weighted by atomic mass is 16.2. The average Bonchev–Trinajstić information content (AvgIpc) is 3.30. The molecule has 2 aliphatic carbocycles. The number of fused-ring (bicyclic) bond motifs is 2. The van der Waals surface area contributed by atoms with E-state index in [1.807, 2.05) is 12.3 Å². The van der Waals surface area contributed by atoms with Crippen LogP contribution in [0.5, 0.6) is 0 Å². The topological polar surface area (TPSA) is 36.4 Å². The number of pyridine rings is 1.